The van der Waals surface area contributed by atoms with E-state index in [0.29, 0.717) is 54.8 Å². The zero-order valence-corrected chi connectivity index (χ0v) is 25.6. The van der Waals surface area contributed by atoms with Crippen molar-refractivity contribution in [3.63, 3.8) is 0 Å². The van der Waals surface area contributed by atoms with Gasteiger partial charge >= 0.3 is 6.09 Å². The van der Waals surface area contributed by atoms with E-state index in [-0.39, 0.29) is 12.0 Å². The number of hydrogen-bond donors (Lipinski definition) is 2. The van der Waals surface area contributed by atoms with Crippen molar-refractivity contribution < 1.29 is 28.3 Å². The van der Waals surface area contributed by atoms with Crippen molar-refractivity contribution in [2.45, 2.75) is 62.5 Å². The largest absolute Gasteiger partial charge is 0.445 e. The molecule has 45 heavy (non-hydrogen) atoms. The van der Waals surface area contributed by atoms with Gasteiger partial charge in [0.1, 0.15) is 36.7 Å². The van der Waals surface area contributed by atoms with Crippen LogP contribution in [0.2, 0.25) is 0 Å². The summed E-state index contributed by atoms with van der Waals surface area (Å²) in [6.07, 6.45) is 4.18. The first-order chi connectivity index (χ1) is 21.8. The normalized spacial score (nSPS) is 24.0. The van der Waals surface area contributed by atoms with E-state index in [2.05, 4.69) is 30.8 Å². The zero-order valence-electron chi connectivity index (χ0n) is 25.6. The van der Waals surface area contributed by atoms with E-state index in [1.54, 1.807) is 6.07 Å². The molecule has 8 heteroatoms. The lowest BCUT2D eigenvalue weighted by Gasteiger charge is -2.45. The second kappa shape index (κ2) is 11.8. The number of quaternary nitrogens is 1. The number of likely N-dealkylation sites (N-methyl/N-ethyl adjacent to an activating group) is 1. The summed E-state index contributed by atoms with van der Waals surface area (Å²) in [6.45, 7) is 0. The Morgan fingerprint density at radius 2 is 1.62 bits per heavy atom. The third kappa shape index (κ3) is 5.95. The number of epoxide rings is 1. The van der Waals surface area contributed by atoms with Gasteiger partial charge in [0, 0.05) is 36.1 Å². The average Bonchev–Trinajstić information content (AvgIpc) is 3.80. The van der Waals surface area contributed by atoms with Crippen LogP contribution in [0.5, 0.6) is 0 Å². The summed E-state index contributed by atoms with van der Waals surface area (Å²) in [5, 5.41) is 7.94. The molecule has 4 aromatic carbocycles. The fraction of sp³-hybridized carbons (Fsp3) is 0.324. The predicted molar refractivity (Wildman–Crippen MR) is 174 cm³/mol. The molecule has 0 aliphatic carbocycles. The molecule has 3 aliphatic heterocycles. The van der Waals surface area contributed by atoms with Gasteiger partial charge in [-0.2, -0.15) is 0 Å². The molecule has 7 rings (SSSR count). The molecule has 0 saturated carbocycles. The topological polar surface area (TPSA) is 97.0 Å². The van der Waals surface area contributed by atoms with Gasteiger partial charge in [-0.25, -0.2) is 4.79 Å². The van der Waals surface area contributed by atoms with Crippen molar-refractivity contribution in [2.24, 2.45) is 0 Å². The van der Waals surface area contributed by atoms with Gasteiger partial charge in [-0.1, -0.05) is 60.7 Å². The molecule has 8 nitrogen and oxygen atoms in total. The molecule has 2 amide bonds. The molecule has 3 fully saturated rings. The van der Waals surface area contributed by atoms with Crippen LogP contribution in [0.3, 0.4) is 0 Å². The molecule has 3 heterocycles. The molecule has 0 radical (unpaired) electrons. The first-order valence-corrected chi connectivity index (χ1v) is 15.7. The molecule has 0 spiro atoms. The number of rotatable bonds is 9. The monoisotopic (exact) mass is 604 g/mol. The Bertz CT molecular complexity index is 1750. The van der Waals surface area contributed by atoms with E-state index in [1.807, 2.05) is 72.8 Å². The summed E-state index contributed by atoms with van der Waals surface area (Å²) in [4.78, 5) is 37.0. The smallest absolute Gasteiger partial charge is 0.411 e. The van der Waals surface area contributed by atoms with Crippen molar-refractivity contribution in [3.05, 3.63) is 96.1 Å². The Hall–Kier alpha value is -4.53. The van der Waals surface area contributed by atoms with Gasteiger partial charge in [0.15, 0.2) is 0 Å². The molecule has 3 aliphatic rings. The number of carbonyl (C=O) groups excluding carboxylic acids is 3. The molecule has 5 atom stereocenters. The van der Waals surface area contributed by atoms with Gasteiger partial charge in [-0.05, 0) is 59.0 Å². The molecule has 2 bridgehead atoms. The molecule has 2 N–H and O–H groups in total. The molecule has 0 aromatic heterocycles. The minimum Gasteiger partial charge on any atom is -0.445 e. The van der Waals surface area contributed by atoms with Crippen LogP contribution < -0.4 is 10.6 Å². The van der Waals surface area contributed by atoms with Crippen LogP contribution in [0.15, 0.2) is 84.9 Å². The number of amides is 2. The predicted octanol–water partition coefficient (Wildman–Crippen LogP) is 6.59. The maximum absolute atomic E-state index is 13.2. The number of ether oxygens (including phenoxy) is 2. The number of nitrogens with one attached hydrogen (secondary N) is 2. The first-order valence-electron chi connectivity index (χ1n) is 15.7. The lowest BCUT2D eigenvalue weighted by Crippen LogP contribution is -2.60. The summed E-state index contributed by atoms with van der Waals surface area (Å²) >= 11 is 0. The number of benzene rings is 4. The van der Waals surface area contributed by atoms with Crippen molar-refractivity contribution >= 4 is 40.4 Å². The van der Waals surface area contributed by atoms with Crippen LogP contribution >= 0.6 is 0 Å². The quantitative estimate of drug-likeness (QED) is 0.128. The van der Waals surface area contributed by atoms with Crippen molar-refractivity contribution in [3.8, 4) is 11.1 Å². The van der Waals surface area contributed by atoms with Gasteiger partial charge in [0.05, 0.1) is 19.8 Å². The Morgan fingerprint density at radius 1 is 0.889 bits per heavy atom. The highest BCUT2D eigenvalue weighted by Gasteiger charge is 2.70. The first kappa shape index (κ1) is 29.2. The maximum atomic E-state index is 13.2. The van der Waals surface area contributed by atoms with Gasteiger partial charge in [0.25, 0.3) is 0 Å². The molecule has 4 aromatic rings. The molecular formula is C37H38N3O5+. The van der Waals surface area contributed by atoms with Gasteiger partial charge in [-0.15, -0.1) is 0 Å². The Balaban J connectivity index is 0.984. The van der Waals surface area contributed by atoms with Crippen LogP contribution in [0.1, 0.15) is 41.6 Å². The van der Waals surface area contributed by atoms with Crippen molar-refractivity contribution in [1.29, 1.82) is 0 Å². The van der Waals surface area contributed by atoms with E-state index >= 15 is 0 Å². The molecule has 3 saturated heterocycles. The van der Waals surface area contributed by atoms with Crippen LogP contribution in [0.25, 0.3) is 21.9 Å². The number of piperidine rings is 1. The number of nitrogens with zero attached hydrogens (tertiary/aromatic N) is 1. The Morgan fingerprint density at radius 3 is 2.38 bits per heavy atom. The summed E-state index contributed by atoms with van der Waals surface area (Å²) in [6, 6.07) is 27.9. The van der Waals surface area contributed by atoms with Crippen molar-refractivity contribution in [1.82, 2.24) is 0 Å². The number of anilines is 2. The van der Waals surface area contributed by atoms with Crippen LogP contribution in [0.4, 0.5) is 16.2 Å². The highest BCUT2D eigenvalue weighted by atomic mass is 16.6. The Labute approximate surface area is 262 Å². The molecule has 230 valence electrons. The number of morpholine rings is 1. The standard InChI is InChI=1S/C37H37N3O5/c1-40(2)32-20-29(21-33(40)36-35(32)45-36)44-37(43)39-31-18-23(12-16-30(31)25-8-4-3-5-9-25)7-6-10-34(42)38-28-15-14-26-17-24(22-41)11-13-27(26)19-28/h3-5,8-9,11-19,22,29,32-33,35-36H,6-7,10,20-21H2,1-2H3,(H-,38,39,41,42,43)/p+1/t29?,32-,33+,35-,36+. The summed E-state index contributed by atoms with van der Waals surface area (Å²) in [7, 11) is 4.52. The fourth-order valence-corrected chi connectivity index (χ4v) is 7.40. The second-order valence-corrected chi connectivity index (χ2v) is 13.0. The zero-order chi connectivity index (χ0) is 31.1. The number of aldehydes is 1. The fourth-order valence-electron chi connectivity index (χ4n) is 7.40. The highest BCUT2D eigenvalue weighted by molar-refractivity contribution is 5.96. The molecule has 1 unspecified atom stereocenters. The summed E-state index contributed by atoms with van der Waals surface area (Å²) in [5.74, 6) is -0.0621. The number of carbonyl (C=O) groups is 3. The number of aryl methyl sites for hydroxylation is 1. The van der Waals surface area contributed by atoms with Gasteiger partial charge in [-0.3, -0.25) is 14.9 Å². The lowest BCUT2D eigenvalue weighted by molar-refractivity contribution is -0.938. The van der Waals surface area contributed by atoms with Crippen molar-refractivity contribution in [2.75, 3.05) is 24.7 Å². The van der Waals surface area contributed by atoms with E-state index in [1.165, 1.54) is 0 Å². The summed E-state index contributed by atoms with van der Waals surface area (Å²) < 4.78 is 12.8. The van der Waals surface area contributed by atoms with Gasteiger partial charge < -0.3 is 19.3 Å². The van der Waals surface area contributed by atoms with Crippen LogP contribution in [-0.4, -0.2) is 67.3 Å². The lowest BCUT2D eigenvalue weighted by atomic mass is 9.96. The van der Waals surface area contributed by atoms with Crippen LogP contribution in [-0.2, 0) is 20.7 Å². The minimum absolute atomic E-state index is 0.0621. The summed E-state index contributed by atoms with van der Waals surface area (Å²) in [5.41, 5.74) is 4.99. The second-order valence-electron chi connectivity index (χ2n) is 13.0. The van der Waals surface area contributed by atoms with E-state index in [4.69, 9.17) is 9.47 Å². The molecular weight excluding hydrogens is 566 g/mol. The SMILES string of the molecule is C[N+]1(C)[C@@H]2CC(OC(=O)Nc3cc(CCCC(=O)Nc4ccc5cc(C=O)ccc5c4)ccc3-c3ccccc3)C[C@H]1[C@@H]1O[C@@H]12. The van der Waals surface area contributed by atoms with E-state index < -0.39 is 6.09 Å². The number of hydrogen-bond acceptors (Lipinski definition) is 5. The Kier molecular flexibility index (Phi) is 7.63. The minimum atomic E-state index is -0.437. The number of fused-ring (bicyclic) bond motifs is 6. The van der Waals surface area contributed by atoms with E-state index in [0.717, 1.165) is 56.8 Å². The van der Waals surface area contributed by atoms with E-state index in [9.17, 15) is 14.4 Å². The van der Waals surface area contributed by atoms with Gasteiger partial charge in [0.2, 0.25) is 5.91 Å². The average molecular weight is 605 g/mol. The maximum Gasteiger partial charge on any atom is 0.411 e. The van der Waals surface area contributed by atoms with Crippen LogP contribution in [0, 0.1) is 0 Å². The third-order valence-corrected chi connectivity index (χ3v) is 9.87. The third-order valence-electron chi connectivity index (χ3n) is 9.87. The highest BCUT2D eigenvalue weighted by Crippen LogP contribution is 2.51.